The first-order valence-electron chi connectivity index (χ1n) is 4.50. The van der Waals surface area contributed by atoms with Crippen LogP contribution < -0.4 is 0 Å². The van der Waals surface area contributed by atoms with Gasteiger partial charge in [-0.05, 0) is 5.92 Å². The summed E-state index contributed by atoms with van der Waals surface area (Å²) in [6, 6.07) is 5.48. The number of carbonyl (C=O) groups is 1. The first kappa shape index (κ1) is 12.9. The van der Waals surface area contributed by atoms with E-state index in [1.54, 1.807) is 26.0 Å². The van der Waals surface area contributed by atoms with Crippen molar-refractivity contribution < 1.29 is 4.79 Å². The van der Waals surface area contributed by atoms with Gasteiger partial charge in [-0.3, -0.25) is 4.79 Å². The lowest BCUT2D eigenvalue weighted by molar-refractivity contribution is -0.133. The lowest BCUT2D eigenvalue weighted by Crippen LogP contribution is -2.38. The van der Waals surface area contributed by atoms with Crippen LogP contribution >= 0.6 is 0 Å². The maximum atomic E-state index is 11.7. The van der Waals surface area contributed by atoms with E-state index in [1.165, 1.54) is 0 Å². The van der Waals surface area contributed by atoms with Crippen molar-refractivity contribution in [3.63, 3.8) is 0 Å². The molecule has 0 bridgehead atoms. The Morgan fingerprint density at radius 2 is 1.67 bits per heavy atom. The predicted molar refractivity (Wildman–Crippen MR) is 51.7 cm³/mol. The van der Waals surface area contributed by atoms with Gasteiger partial charge in [0.25, 0.3) is 0 Å². The molecule has 5 nitrogen and oxygen atoms in total. The minimum atomic E-state index is -0.785. The Labute approximate surface area is 89.1 Å². The average Bonchev–Trinajstić information content (AvgIpc) is 2.17. The van der Waals surface area contributed by atoms with Crippen LogP contribution in [-0.2, 0) is 4.79 Å². The van der Waals surface area contributed by atoms with Gasteiger partial charge in [-0.15, -0.1) is 0 Å². The second-order valence-electron chi connectivity index (χ2n) is 3.36. The minimum absolute atomic E-state index is 0.123. The van der Waals surface area contributed by atoms with Crippen molar-refractivity contribution in [2.45, 2.75) is 13.8 Å². The van der Waals surface area contributed by atoms with Crippen molar-refractivity contribution in [2.75, 3.05) is 13.1 Å². The van der Waals surface area contributed by atoms with E-state index in [-0.39, 0.29) is 19.0 Å². The third-order valence-corrected chi connectivity index (χ3v) is 1.91. The molecule has 0 aliphatic rings. The van der Waals surface area contributed by atoms with Crippen molar-refractivity contribution in [1.29, 1.82) is 15.8 Å². The molecule has 1 amide bonds. The van der Waals surface area contributed by atoms with E-state index in [4.69, 9.17) is 15.8 Å². The van der Waals surface area contributed by atoms with Gasteiger partial charge in [-0.1, -0.05) is 13.8 Å². The van der Waals surface area contributed by atoms with Crippen molar-refractivity contribution in [2.24, 2.45) is 11.8 Å². The van der Waals surface area contributed by atoms with Gasteiger partial charge in [0.2, 0.25) is 5.91 Å². The van der Waals surface area contributed by atoms with E-state index in [9.17, 15) is 4.79 Å². The Hall–Kier alpha value is -2.06. The molecule has 0 heterocycles. The zero-order valence-electron chi connectivity index (χ0n) is 8.77. The Morgan fingerprint density at radius 1 is 1.20 bits per heavy atom. The molecule has 0 fully saturated rings. The van der Waals surface area contributed by atoms with Crippen LogP contribution in [0.15, 0.2) is 0 Å². The molecule has 5 heteroatoms. The smallest absolute Gasteiger partial charge is 0.241 e. The van der Waals surface area contributed by atoms with E-state index in [0.717, 1.165) is 4.90 Å². The second-order valence-corrected chi connectivity index (χ2v) is 3.36. The normalized spacial score (nSPS) is 10.9. The molecule has 0 spiro atoms. The first-order chi connectivity index (χ1) is 7.08. The fourth-order valence-electron chi connectivity index (χ4n) is 1.07. The highest BCUT2D eigenvalue weighted by molar-refractivity contribution is 5.81. The molecule has 0 saturated carbocycles. The molecule has 0 saturated heterocycles. The Balaban J connectivity index is 4.72. The summed E-state index contributed by atoms with van der Waals surface area (Å²) < 4.78 is 0. The predicted octanol–water partition coefficient (Wildman–Crippen LogP) is 0.658. The van der Waals surface area contributed by atoms with E-state index >= 15 is 0 Å². The summed E-state index contributed by atoms with van der Waals surface area (Å²) in [6.45, 7) is 3.19. The Morgan fingerprint density at radius 3 is 1.93 bits per heavy atom. The van der Waals surface area contributed by atoms with Crippen LogP contribution in [0.4, 0.5) is 0 Å². The summed E-state index contributed by atoms with van der Waals surface area (Å²) >= 11 is 0. The van der Waals surface area contributed by atoms with Crippen LogP contribution in [0.25, 0.3) is 0 Å². The quantitative estimate of drug-likeness (QED) is 0.629. The number of rotatable bonds is 4. The molecule has 78 valence electrons. The molecule has 0 aromatic carbocycles. The molecule has 0 radical (unpaired) electrons. The maximum Gasteiger partial charge on any atom is 0.241 e. The van der Waals surface area contributed by atoms with Gasteiger partial charge in [0, 0.05) is 0 Å². The number of amides is 1. The fourth-order valence-corrected chi connectivity index (χ4v) is 1.07. The standard InChI is InChI=1S/C10H12N4O/c1-8(2)9(7-13)10(15)14(5-3-11)6-4-12/h8-9H,5-6H2,1-2H3. The molecule has 0 rings (SSSR count). The number of nitriles is 3. The SMILES string of the molecule is CC(C)C(C#N)C(=O)N(CC#N)CC#N. The number of hydrogen-bond acceptors (Lipinski definition) is 4. The largest absolute Gasteiger partial charge is 0.315 e. The monoisotopic (exact) mass is 204 g/mol. The van der Waals surface area contributed by atoms with Crippen molar-refractivity contribution in [3.05, 3.63) is 0 Å². The van der Waals surface area contributed by atoms with Crippen LogP contribution in [0.3, 0.4) is 0 Å². The highest BCUT2D eigenvalue weighted by atomic mass is 16.2. The van der Waals surface area contributed by atoms with E-state index in [1.807, 2.05) is 6.07 Å². The van der Waals surface area contributed by atoms with Gasteiger partial charge < -0.3 is 4.90 Å². The summed E-state index contributed by atoms with van der Waals surface area (Å²) in [7, 11) is 0. The summed E-state index contributed by atoms with van der Waals surface area (Å²) in [5.74, 6) is -1.36. The molecular weight excluding hydrogens is 192 g/mol. The summed E-state index contributed by atoms with van der Waals surface area (Å²) in [5.41, 5.74) is 0. The molecular formula is C10H12N4O. The molecule has 1 atom stereocenters. The fraction of sp³-hybridized carbons (Fsp3) is 0.600. The van der Waals surface area contributed by atoms with E-state index in [2.05, 4.69) is 0 Å². The van der Waals surface area contributed by atoms with Gasteiger partial charge in [0.05, 0.1) is 18.2 Å². The summed E-state index contributed by atoms with van der Waals surface area (Å²) in [6.07, 6.45) is 0. The zero-order valence-corrected chi connectivity index (χ0v) is 8.77. The van der Waals surface area contributed by atoms with E-state index in [0.29, 0.717) is 0 Å². The van der Waals surface area contributed by atoms with Crippen LogP contribution in [-0.4, -0.2) is 23.9 Å². The minimum Gasteiger partial charge on any atom is -0.315 e. The third-order valence-electron chi connectivity index (χ3n) is 1.91. The molecule has 0 N–H and O–H groups in total. The van der Waals surface area contributed by atoms with Gasteiger partial charge >= 0.3 is 0 Å². The molecule has 0 aliphatic carbocycles. The van der Waals surface area contributed by atoms with Crippen LogP contribution in [0.2, 0.25) is 0 Å². The van der Waals surface area contributed by atoms with Crippen LogP contribution in [0, 0.1) is 45.8 Å². The molecule has 0 aromatic heterocycles. The molecule has 0 aromatic rings. The second kappa shape index (κ2) is 6.40. The van der Waals surface area contributed by atoms with Gasteiger partial charge in [-0.2, -0.15) is 15.8 Å². The van der Waals surface area contributed by atoms with Crippen molar-refractivity contribution >= 4 is 5.91 Å². The van der Waals surface area contributed by atoms with Gasteiger partial charge in [0.15, 0.2) is 0 Å². The Bertz CT molecular complexity index is 326. The number of carbonyl (C=O) groups excluding carboxylic acids is 1. The van der Waals surface area contributed by atoms with Crippen molar-refractivity contribution in [1.82, 2.24) is 4.90 Å². The highest BCUT2D eigenvalue weighted by Gasteiger charge is 2.26. The van der Waals surface area contributed by atoms with Crippen LogP contribution in [0.5, 0.6) is 0 Å². The third kappa shape index (κ3) is 3.67. The van der Waals surface area contributed by atoms with Gasteiger partial charge in [0.1, 0.15) is 19.0 Å². The van der Waals surface area contributed by atoms with Crippen LogP contribution in [0.1, 0.15) is 13.8 Å². The highest BCUT2D eigenvalue weighted by Crippen LogP contribution is 2.12. The number of hydrogen-bond donors (Lipinski definition) is 0. The van der Waals surface area contributed by atoms with Gasteiger partial charge in [-0.25, -0.2) is 0 Å². The zero-order chi connectivity index (χ0) is 11.8. The lowest BCUT2D eigenvalue weighted by atomic mass is 9.96. The molecule has 15 heavy (non-hydrogen) atoms. The lowest BCUT2D eigenvalue weighted by Gasteiger charge is -2.20. The maximum absolute atomic E-state index is 11.7. The topological polar surface area (TPSA) is 91.7 Å². The Kier molecular flexibility index (Phi) is 5.52. The average molecular weight is 204 g/mol. The van der Waals surface area contributed by atoms with E-state index < -0.39 is 11.8 Å². The summed E-state index contributed by atoms with van der Waals surface area (Å²) in [5, 5.41) is 25.7. The number of nitrogens with zero attached hydrogens (tertiary/aromatic N) is 4. The summed E-state index contributed by atoms with van der Waals surface area (Å²) in [4.78, 5) is 12.8. The molecule has 1 unspecified atom stereocenters. The molecule has 0 aliphatic heterocycles. The van der Waals surface area contributed by atoms with Crippen molar-refractivity contribution in [3.8, 4) is 18.2 Å². The first-order valence-corrected chi connectivity index (χ1v) is 4.50.